The third-order valence-electron chi connectivity index (χ3n) is 7.23. The van der Waals surface area contributed by atoms with E-state index in [1.54, 1.807) is 40.1 Å². The number of fused-ring (bicyclic) bond motifs is 2. The summed E-state index contributed by atoms with van der Waals surface area (Å²) >= 11 is 3.32. The van der Waals surface area contributed by atoms with E-state index in [0.717, 1.165) is 22.9 Å². The summed E-state index contributed by atoms with van der Waals surface area (Å²) < 4.78 is 2.42. The van der Waals surface area contributed by atoms with Gasteiger partial charge in [-0.25, -0.2) is 9.97 Å². The van der Waals surface area contributed by atoms with Crippen molar-refractivity contribution >= 4 is 50.2 Å². The number of carbonyl (C=O) groups excluding carboxylic acids is 3. The Kier molecular flexibility index (Phi) is 6.49. The van der Waals surface area contributed by atoms with E-state index in [2.05, 4.69) is 43.1 Å². The number of aromatic nitrogens is 3. The molecule has 0 unspecified atom stereocenters. The fraction of sp³-hybridized carbons (Fsp3) is 0.233. The fourth-order valence-electron chi connectivity index (χ4n) is 5.32. The van der Waals surface area contributed by atoms with E-state index < -0.39 is 6.04 Å². The van der Waals surface area contributed by atoms with Gasteiger partial charge in [-0.15, -0.1) is 0 Å². The van der Waals surface area contributed by atoms with E-state index in [-0.39, 0.29) is 30.2 Å². The van der Waals surface area contributed by atoms with Crippen LogP contribution in [0.4, 0.5) is 5.82 Å². The lowest BCUT2D eigenvalue weighted by Crippen LogP contribution is -2.46. The van der Waals surface area contributed by atoms with Crippen LogP contribution in [0.25, 0.3) is 10.9 Å². The van der Waals surface area contributed by atoms with E-state index in [9.17, 15) is 14.4 Å². The second-order valence-electron chi connectivity index (χ2n) is 9.87. The second kappa shape index (κ2) is 10.1. The van der Waals surface area contributed by atoms with Crippen molar-refractivity contribution in [3.8, 4) is 11.8 Å². The highest BCUT2D eigenvalue weighted by Gasteiger charge is 2.56. The largest absolute Gasteiger partial charge is 0.337 e. The highest BCUT2D eigenvalue weighted by Crippen LogP contribution is 2.48. The molecule has 1 aliphatic carbocycles. The number of piperidine rings is 1. The number of amides is 2. The Hall–Kier alpha value is -4.29. The molecule has 4 heterocycles. The first-order valence-corrected chi connectivity index (χ1v) is 13.5. The Bertz CT molecular complexity index is 1690. The molecule has 2 aliphatic rings. The summed E-state index contributed by atoms with van der Waals surface area (Å²) in [4.78, 5) is 49.5. The van der Waals surface area contributed by atoms with Gasteiger partial charge >= 0.3 is 0 Å². The third-order valence-corrected chi connectivity index (χ3v) is 7.67. The summed E-state index contributed by atoms with van der Waals surface area (Å²) in [6.07, 6.45) is 4.96. The molecule has 6 rings (SSSR count). The lowest BCUT2D eigenvalue weighted by atomic mass is 10.1. The number of ketones is 1. The molecule has 3 atom stereocenters. The first-order chi connectivity index (χ1) is 18.9. The molecule has 2 amide bonds. The van der Waals surface area contributed by atoms with Crippen molar-refractivity contribution < 1.29 is 14.4 Å². The number of halogens is 1. The minimum Gasteiger partial charge on any atom is -0.337 e. The van der Waals surface area contributed by atoms with Gasteiger partial charge in [0.05, 0.1) is 0 Å². The van der Waals surface area contributed by atoms with Gasteiger partial charge in [-0.05, 0) is 90.0 Å². The first kappa shape index (κ1) is 25.0. The minimum atomic E-state index is -0.551. The van der Waals surface area contributed by atoms with Crippen LogP contribution in [-0.2, 0) is 16.1 Å². The van der Waals surface area contributed by atoms with Crippen molar-refractivity contribution in [3.05, 3.63) is 88.4 Å². The minimum absolute atomic E-state index is 0.0326. The zero-order chi connectivity index (χ0) is 27.1. The van der Waals surface area contributed by atoms with Crippen molar-refractivity contribution in [1.82, 2.24) is 19.4 Å². The highest BCUT2D eigenvalue weighted by atomic mass is 79.9. The van der Waals surface area contributed by atoms with Crippen LogP contribution in [0.15, 0.2) is 71.6 Å². The van der Waals surface area contributed by atoms with Gasteiger partial charge < -0.3 is 14.8 Å². The molecular weight excluding hydrogens is 558 g/mol. The topological polar surface area (TPSA) is 97.2 Å². The standard InChI is InChI=1S/C30H24BrN5O3/c1-18(37)23-16-35(24-11-9-19(13-22(23)24)8-10-21-5-2-3-12-32-21)17-29(38)36-25-14-20(25)15-26(36)30(39)34-28-7-4-6-27(31)33-28/h2-7,9,11-13,16,20,25-26H,14-15,17H2,1H3,(H,33,34,39)/t20-,25-,26+/m1/s1. The van der Waals surface area contributed by atoms with Crippen LogP contribution in [0.2, 0.25) is 0 Å². The summed E-state index contributed by atoms with van der Waals surface area (Å²) in [7, 11) is 0. The number of carbonyl (C=O) groups is 3. The van der Waals surface area contributed by atoms with Crippen LogP contribution in [0, 0.1) is 17.8 Å². The van der Waals surface area contributed by atoms with E-state index in [4.69, 9.17) is 0 Å². The Labute approximate surface area is 233 Å². The average molecular weight is 582 g/mol. The second-order valence-corrected chi connectivity index (χ2v) is 10.7. The molecular formula is C30H24BrN5O3. The molecule has 1 saturated carbocycles. The Morgan fingerprint density at radius 2 is 1.95 bits per heavy atom. The molecule has 0 bridgehead atoms. The van der Waals surface area contributed by atoms with E-state index in [1.165, 1.54) is 6.92 Å². The lowest BCUT2D eigenvalue weighted by Gasteiger charge is -2.27. The molecule has 1 aliphatic heterocycles. The maximum atomic E-state index is 13.6. The van der Waals surface area contributed by atoms with Crippen molar-refractivity contribution in [2.24, 2.45) is 5.92 Å². The van der Waals surface area contributed by atoms with Crippen LogP contribution < -0.4 is 5.32 Å². The smallest absolute Gasteiger partial charge is 0.248 e. The molecule has 1 N–H and O–H groups in total. The number of pyridine rings is 2. The molecule has 0 spiro atoms. The Morgan fingerprint density at radius 3 is 2.72 bits per heavy atom. The number of anilines is 1. The van der Waals surface area contributed by atoms with Gasteiger partial charge in [0.2, 0.25) is 11.8 Å². The Morgan fingerprint density at radius 1 is 1.08 bits per heavy atom. The molecule has 194 valence electrons. The number of hydrogen-bond acceptors (Lipinski definition) is 5. The predicted molar refractivity (Wildman–Crippen MR) is 150 cm³/mol. The number of Topliss-reactive ketones (excluding diaryl/α,β-unsaturated/α-hetero) is 1. The summed E-state index contributed by atoms with van der Waals surface area (Å²) in [5.41, 5.74) is 2.70. The summed E-state index contributed by atoms with van der Waals surface area (Å²) in [6.45, 7) is 1.55. The van der Waals surface area contributed by atoms with Gasteiger partial charge in [0, 0.05) is 40.5 Å². The molecule has 8 nitrogen and oxygen atoms in total. The number of rotatable bonds is 5. The van der Waals surface area contributed by atoms with Crippen molar-refractivity contribution in [2.45, 2.75) is 38.4 Å². The maximum Gasteiger partial charge on any atom is 0.248 e. The third kappa shape index (κ3) is 5.08. The average Bonchev–Trinajstić information content (AvgIpc) is 3.43. The molecule has 39 heavy (non-hydrogen) atoms. The molecule has 4 aromatic rings. The van der Waals surface area contributed by atoms with Gasteiger partial charge in [0.25, 0.3) is 0 Å². The van der Waals surface area contributed by atoms with Crippen molar-refractivity contribution in [3.63, 3.8) is 0 Å². The zero-order valence-electron chi connectivity index (χ0n) is 21.1. The molecule has 1 saturated heterocycles. The number of hydrogen-bond donors (Lipinski definition) is 1. The van der Waals surface area contributed by atoms with Gasteiger partial charge in [0.15, 0.2) is 5.78 Å². The van der Waals surface area contributed by atoms with Gasteiger partial charge in [-0.2, -0.15) is 0 Å². The van der Waals surface area contributed by atoms with E-state index in [1.807, 2.05) is 36.4 Å². The maximum absolute atomic E-state index is 13.6. The molecule has 1 aromatic carbocycles. The van der Waals surface area contributed by atoms with Gasteiger partial charge in [0.1, 0.15) is 28.7 Å². The van der Waals surface area contributed by atoms with Crippen LogP contribution in [-0.4, -0.2) is 49.1 Å². The number of likely N-dealkylation sites (tertiary alicyclic amines) is 1. The SMILES string of the molecule is CC(=O)c1cn(CC(=O)N2[C@@H]3C[C@@H]3C[C@H]2C(=O)Nc2cccc(Br)n2)c2ccc(C#Cc3ccccn3)cc12. The van der Waals surface area contributed by atoms with Crippen LogP contribution in [0.3, 0.4) is 0 Å². The summed E-state index contributed by atoms with van der Waals surface area (Å²) in [5, 5.41) is 3.59. The van der Waals surface area contributed by atoms with Crippen LogP contribution >= 0.6 is 15.9 Å². The van der Waals surface area contributed by atoms with Crippen LogP contribution in [0.5, 0.6) is 0 Å². The molecule has 0 radical (unpaired) electrons. The number of benzene rings is 1. The zero-order valence-corrected chi connectivity index (χ0v) is 22.7. The highest BCUT2D eigenvalue weighted by molar-refractivity contribution is 9.10. The van der Waals surface area contributed by atoms with E-state index in [0.29, 0.717) is 34.0 Å². The Balaban J connectivity index is 1.25. The summed E-state index contributed by atoms with van der Waals surface area (Å²) in [5.74, 6) is 6.45. The normalized spacial score (nSPS) is 19.2. The molecule has 9 heteroatoms. The molecule has 2 fully saturated rings. The van der Waals surface area contributed by atoms with E-state index >= 15 is 0 Å². The summed E-state index contributed by atoms with van der Waals surface area (Å²) in [6, 6.07) is 16.0. The number of nitrogens with one attached hydrogen (secondary N) is 1. The fourth-order valence-corrected chi connectivity index (χ4v) is 5.67. The first-order valence-electron chi connectivity index (χ1n) is 12.7. The van der Waals surface area contributed by atoms with Crippen molar-refractivity contribution in [2.75, 3.05) is 5.32 Å². The lowest BCUT2D eigenvalue weighted by molar-refractivity contribution is -0.138. The van der Waals surface area contributed by atoms with Crippen LogP contribution in [0.1, 0.15) is 41.4 Å². The van der Waals surface area contributed by atoms with Gasteiger partial charge in [-0.1, -0.05) is 18.1 Å². The monoisotopic (exact) mass is 581 g/mol. The molecule has 3 aromatic heterocycles. The number of nitrogens with zero attached hydrogens (tertiary/aromatic N) is 4. The van der Waals surface area contributed by atoms with Crippen molar-refractivity contribution in [1.29, 1.82) is 0 Å². The quantitative estimate of drug-likeness (QED) is 0.214. The predicted octanol–water partition coefficient (Wildman–Crippen LogP) is 4.42. The van der Waals surface area contributed by atoms with Gasteiger partial charge in [-0.3, -0.25) is 14.4 Å².